The molecule has 1 aliphatic heterocycles. The Kier molecular flexibility index (Phi) is 5.19. The molecule has 7 heteroatoms. The van der Waals surface area contributed by atoms with Crippen molar-refractivity contribution < 1.29 is 0 Å². The Hall–Kier alpha value is -3.22. The number of aryl methyl sites for hydroxylation is 2. The van der Waals surface area contributed by atoms with E-state index in [0.717, 1.165) is 43.1 Å². The van der Waals surface area contributed by atoms with E-state index < -0.39 is 0 Å². The van der Waals surface area contributed by atoms with Crippen LogP contribution in [0, 0.1) is 10.8 Å². The highest BCUT2D eigenvalue weighted by atomic mass is 15.3. The third-order valence-corrected chi connectivity index (χ3v) is 6.97. The van der Waals surface area contributed by atoms with Gasteiger partial charge in [-0.25, -0.2) is 4.98 Å². The van der Waals surface area contributed by atoms with E-state index >= 15 is 0 Å². The molecule has 1 saturated heterocycles. The molecule has 32 heavy (non-hydrogen) atoms. The van der Waals surface area contributed by atoms with Crippen LogP contribution in [0.15, 0.2) is 36.8 Å². The lowest BCUT2D eigenvalue weighted by Gasteiger charge is -2.35. The molecule has 4 heterocycles. The number of piperidine rings is 1. The minimum Gasteiger partial charge on any atom is -0.397 e. The molecular weight excluding hydrogens is 398 g/mol. The van der Waals surface area contributed by atoms with E-state index in [1.54, 1.807) is 12.4 Å². The Morgan fingerprint density at radius 3 is 2.75 bits per heavy atom. The molecule has 0 amide bonds. The molecule has 0 bridgehead atoms. The molecule has 2 fully saturated rings. The average Bonchev–Trinajstić information content (AvgIpc) is 3.38. The van der Waals surface area contributed by atoms with E-state index in [1.165, 1.54) is 31.2 Å². The summed E-state index contributed by atoms with van der Waals surface area (Å²) in [5.41, 5.74) is 11.8. The van der Waals surface area contributed by atoms with Gasteiger partial charge in [0.25, 0.3) is 0 Å². The van der Waals surface area contributed by atoms with Crippen molar-refractivity contribution in [3.63, 3.8) is 0 Å². The van der Waals surface area contributed by atoms with E-state index in [1.807, 2.05) is 29.9 Å². The SMILES string of the molecule is CCc1ccc(C(=N)c2cc(-c3cnn(CC)c3)ncc2N)nc1N1CCCC2(CC2)C1. The number of anilines is 2. The van der Waals surface area contributed by atoms with Crippen molar-refractivity contribution in [1.29, 1.82) is 5.41 Å². The molecule has 1 aliphatic carbocycles. The summed E-state index contributed by atoms with van der Waals surface area (Å²) in [4.78, 5) is 11.9. The fraction of sp³-hybridized carbons (Fsp3) is 0.440. The number of nitrogens with zero attached hydrogens (tertiary/aromatic N) is 5. The molecule has 0 atom stereocenters. The first kappa shape index (κ1) is 20.7. The van der Waals surface area contributed by atoms with Crippen LogP contribution >= 0.6 is 0 Å². The highest BCUT2D eigenvalue weighted by Gasteiger charge is 2.45. The highest BCUT2D eigenvalue weighted by molar-refractivity contribution is 6.13. The molecule has 7 nitrogen and oxygen atoms in total. The first-order valence-electron chi connectivity index (χ1n) is 11.6. The highest BCUT2D eigenvalue weighted by Crippen LogP contribution is 2.52. The van der Waals surface area contributed by atoms with Gasteiger partial charge in [0, 0.05) is 37.0 Å². The summed E-state index contributed by atoms with van der Waals surface area (Å²) in [5, 5.41) is 13.3. The van der Waals surface area contributed by atoms with Crippen molar-refractivity contribution in [2.45, 2.75) is 52.5 Å². The number of hydrogen-bond donors (Lipinski definition) is 2. The first-order valence-corrected chi connectivity index (χ1v) is 11.6. The molecule has 0 radical (unpaired) electrons. The van der Waals surface area contributed by atoms with E-state index in [0.29, 0.717) is 28.1 Å². The Labute approximate surface area is 189 Å². The summed E-state index contributed by atoms with van der Waals surface area (Å²) in [5.74, 6) is 1.04. The molecule has 3 aromatic rings. The molecule has 3 N–H and O–H groups in total. The van der Waals surface area contributed by atoms with E-state index in [9.17, 15) is 0 Å². The number of nitrogens with one attached hydrogen (secondary N) is 1. The van der Waals surface area contributed by atoms with Crippen molar-refractivity contribution in [2.75, 3.05) is 23.7 Å². The van der Waals surface area contributed by atoms with Gasteiger partial charge in [-0.3, -0.25) is 15.1 Å². The number of pyridine rings is 2. The second kappa shape index (κ2) is 8.04. The van der Waals surface area contributed by atoms with Crippen molar-refractivity contribution >= 4 is 17.2 Å². The predicted octanol–water partition coefficient (Wildman–Crippen LogP) is 4.30. The zero-order valence-electron chi connectivity index (χ0n) is 18.9. The van der Waals surface area contributed by atoms with Gasteiger partial charge in [-0.2, -0.15) is 5.10 Å². The predicted molar refractivity (Wildman–Crippen MR) is 128 cm³/mol. The van der Waals surface area contributed by atoms with Crippen molar-refractivity contribution in [3.8, 4) is 11.3 Å². The van der Waals surface area contributed by atoms with Crippen LogP contribution in [-0.2, 0) is 13.0 Å². The monoisotopic (exact) mass is 429 g/mol. The third-order valence-electron chi connectivity index (χ3n) is 6.97. The Balaban J connectivity index is 1.48. The van der Waals surface area contributed by atoms with Crippen LogP contribution in [0.5, 0.6) is 0 Å². The molecular formula is C25H31N7. The third kappa shape index (κ3) is 3.76. The standard InChI is InChI=1S/C25H31N7/c1-3-17-6-7-21(30-24(17)31-11-5-8-25(16-31)9-10-25)23(27)19-12-22(28-14-20(19)26)18-13-29-32(4-2)15-18/h6-7,12-15,27H,3-5,8-11,16,26H2,1-2H3. The lowest BCUT2D eigenvalue weighted by atomic mass is 9.94. The molecule has 166 valence electrons. The summed E-state index contributed by atoms with van der Waals surface area (Å²) in [6, 6.07) is 5.96. The van der Waals surface area contributed by atoms with Gasteiger partial charge < -0.3 is 10.6 Å². The number of nitrogens with two attached hydrogens (primary N) is 1. The van der Waals surface area contributed by atoms with Gasteiger partial charge in [-0.15, -0.1) is 0 Å². The topological polar surface area (TPSA) is 96.7 Å². The molecule has 5 rings (SSSR count). The summed E-state index contributed by atoms with van der Waals surface area (Å²) in [7, 11) is 0. The summed E-state index contributed by atoms with van der Waals surface area (Å²) >= 11 is 0. The molecule has 1 spiro atoms. The van der Waals surface area contributed by atoms with Crippen LogP contribution < -0.4 is 10.6 Å². The average molecular weight is 430 g/mol. The van der Waals surface area contributed by atoms with Gasteiger partial charge in [-0.1, -0.05) is 13.0 Å². The van der Waals surface area contributed by atoms with Crippen LogP contribution in [0.1, 0.15) is 56.4 Å². The van der Waals surface area contributed by atoms with Gasteiger partial charge in [-0.05, 0) is 62.1 Å². The summed E-state index contributed by atoms with van der Waals surface area (Å²) < 4.78 is 1.86. The van der Waals surface area contributed by atoms with E-state index in [-0.39, 0.29) is 0 Å². The van der Waals surface area contributed by atoms with Gasteiger partial charge >= 0.3 is 0 Å². The first-order chi connectivity index (χ1) is 15.5. The fourth-order valence-corrected chi connectivity index (χ4v) is 4.79. The lowest BCUT2D eigenvalue weighted by molar-refractivity contribution is 0.393. The minimum atomic E-state index is 0.330. The van der Waals surface area contributed by atoms with Gasteiger partial charge in [0.2, 0.25) is 0 Å². The smallest absolute Gasteiger partial charge is 0.132 e. The largest absolute Gasteiger partial charge is 0.397 e. The minimum absolute atomic E-state index is 0.330. The molecule has 3 aromatic heterocycles. The molecule has 0 aromatic carbocycles. The summed E-state index contributed by atoms with van der Waals surface area (Å²) in [6.07, 6.45) is 11.6. The Morgan fingerprint density at radius 1 is 1.19 bits per heavy atom. The Morgan fingerprint density at radius 2 is 2.03 bits per heavy atom. The van der Waals surface area contributed by atoms with E-state index in [2.05, 4.69) is 28.0 Å². The fourth-order valence-electron chi connectivity index (χ4n) is 4.79. The van der Waals surface area contributed by atoms with Gasteiger partial charge in [0.1, 0.15) is 5.82 Å². The maximum Gasteiger partial charge on any atom is 0.132 e. The second-order valence-electron chi connectivity index (χ2n) is 9.17. The quantitative estimate of drug-likeness (QED) is 0.570. The zero-order chi connectivity index (χ0) is 22.3. The van der Waals surface area contributed by atoms with Gasteiger partial charge in [0.05, 0.1) is 35.2 Å². The normalized spacial score (nSPS) is 17.0. The number of nitrogen functional groups attached to an aromatic ring is 1. The molecule has 0 unspecified atom stereocenters. The van der Waals surface area contributed by atoms with Gasteiger partial charge in [0.15, 0.2) is 0 Å². The Bertz CT molecular complexity index is 1160. The van der Waals surface area contributed by atoms with Crippen LogP contribution in [0.3, 0.4) is 0 Å². The van der Waals surface area contributed by atoms with Crippen molar-refractivity contribution in [1.82, 2.24) is 19.7 Å². The lowest BCUT2D eigenvalue weighted by Crippen LogP contribution is -2.37. The maximum absolute atomic E-state index is 8.93. The number of hydrogen-bond acceptors (Lipinski definition) is 6. The van der Waals surface area contributed by atoms with Crippen LogP contribution in [0.2, 0.25) is 0 Å². The van der Waals surface area contributed by atoms with Crippen molar-refractivity contribution in [3.05, 3.63) is 53.6 Å². The number of aromatic nitrogens is 4. The number of rotatable bonds is 6. The van der Waals surface area contributed by atoms with Crippen molar-refractivity contribution in [2.24, 2.45) is 5.41 Å². The van der Waals surface area contributed by atoms with Crippen LogP contribution in [0.4, 0.5) is 11.5 Å². The second-order valence-corrected chi connectivity index (χ2v) is 9.17. The summed E-state index contributed by atoms with van der Waals surface area (Å²) in [6.45, 7) is 7.15. The molecule has 2 aliphatic rings. The van der Waals surface area contributed by atoms with Crippen LogP contribution in [0.25, 0.3) is 11.3 Å². The molecule has 1 saturated carbocycles. The maximum atomic E-state index is 8.93. The van der Waals surface area contributed by atoms with E-state index in [4.69, 9.17) is 16.1 Å². The van der Waals surface area contributed by atoms with Crippen LogP contribution in [-0.4, -0.2) is 38.5 Å². The zero-order valence-corrected chi connectivity index (χ0v) is 18.9.